The Morgan fingerprint density at radius 3 is 2.70 bits per heavy atom. The molecule has 188 valence electrons. The first-order valence-electron chi connectivity index (χ1n) is 12.2. The quantitative estimate of drug-likeness (QED) is 0.342. The van der Waals surface area contributed by atoms with E-state index >= 15 is 0 Å². The molecular formula is C26H27N9OS. The summed E-state index contributed by atoms with van der Waals surface area (Å²) in [4.78, 5) is 22.0. The van der Waals surface area contributed by atoms with Crippen LogP contribution >= 0.6 is 11.9 Å². The monoisotopic (exact) mass is 513 g/mol. The first-order chi connectivity index (χ1) is 18.0. The maximum absolute atomic E-state index is 13.3. The second-order valence-electron chi connectivity index (χ2n) is 9.27. The van der Waals surface area contributed by atoms with Gasteiger partial charge in [0.1, 0.15) is 16.4 Å². The molecule has 37 heavy (non-hydrogen) atoms. The average Bonchev–Trinajstić information content (AvgIpc) is 3.63. The molecule has 1 N–H and O–H groups in total. The van der Waals surface area contributed by atoms with E-state index in [1.165, 1.54) is 0 Å². The molecule has 0 bridgehead atoms. The first-order valence-corrected chi connectivity index (χ1v) is 13.0. The normalized spacial score (nSPS) is 14.9. The predicted molar refractivity (Wildman–Crippen MR) is 142 cm³/mol. The van der Waals surface area contributed by atoms with Gasteiger partial charge >= 0.3 is 0 Å². The third-order valence-corrected chi connectivity index (χ3v) is 7.57. The fourth-order valence-electron chi connectivity index (χ4n) is 4.55. The summed E-state index contributed by atoms with van der Waals surface area (Å²) in [5.41, 5.74) is 3.97. The minimum absolute atomic E-state index is 0.268. The van der Waals surface area contributed by atoms with Gasteiger partial charge < -0.3 is 9.88 Å². The summed E-state index contributed by atoms with van der Waals surface area (Å²) < 4.78 is 7.73. The van der Waals surface area contributed by atoms with Crippen molar-refractivity contribution in [1.82, 2.24) is 38.2 Å². The van der Waals surface area contributed by atoms with Gasteiger partial charge in [-0.25, -0.2) is 23.5 Å². The van der Waals surface area contributed by atoms with Crippen LogP contribution < -0.4 is 5.32 Å². The summed E-state index contributed by atoms with van der Waals surface area (Å²) in [6, 6.07) is 11.9. The van der Waals surface area contributed by atoms with Gasteiger partial charge in [-0.2, -0.15) is 10.2 Å². The number of benzene rings is 1. The molecule has 1 fully saturated rings. The summed E-state index contributed by atoms with van der Waals surface area (Å²) in [5.74, 6) is 0.668. The Morgan fingerprint density at radius 1 is 1.14 bits per heavy atom. The molecule has 11 heteroatoms. The second-order valence-corrected chi connectivity index (χ2v) is 10.4. The summed E-state index contributed by atoms with van der Waals surface area (Å²) in [6.45, 7) is 3.94. The van der Waals surface area contributed by atoms with Crippen LogP contribution in [0.15, 0.2) is 72.5 Å². The van der Waals surface area contributed by atoms with Crippen molar-refractivity contribution >= 4 is 29.3 Å². The zero-order chi connectivity index (χ0) is 25.4. The lowest BCUT2D eigenvalue weighted by Crippen LogP contribution is -2.27. The average molecular weight is 514 g/mol. The molecule has 1 saturated heterocycles. The van der Waals surface area contributed by atoms with Crippen LogP contribution in [0.2, 0.25) is 0 Å². The minimum Gasteiger partial charge on any atom is -0.339 e. The highest BCUT2D eigenvalue weighted by Gasteiger charge is 2.26. The Labute approximate surface area is 218 Å². The molecule has 4 aromatic heterocycles. The Kier molecular flexibility index (Phi) is 6.23. The molecule has 1 amide bonds. The van der Waals surface area contributed by atoms with Crippen molar-refractivity contribution in [3.05, 3.63) is 84.3 Å². The minimum atomic E-state index is -0.268. The number of carbonyl (C=O) groups excluding carboxylic acids is 1. The Hall–Kier alpha value is -3.96. The van der Waals surface area contributed by atoms with E-state index in [1.807, 2.05) is 59.2 Å². The second kappa shape index (κ2) is 9.83. The number of hydrogen-bond acceptors (Lipinski definition) is 7. The molecule has 0 saturated carbocycles. The third kappa shape index (κ3) is 4.87. The molecule has 0 spiro atoms. The lowest BCUT2D eigenvalue weighted by atomic mass is 9.95. The van der Waals surface area contributed by atoms with Crippen molar-refractivity contribution < 1.29 is 4.79 Å². The van der Waals surface area contributed by atoms with Gasteiger partial charge in [0.15, 0.2) is 5.65 Å². The first kappa shape index (κ1) is 23.4. The highest BCUT2D eigenvalue weighted by molar-refractivity contribution is 7.97. The molecule has 5 aromatic rings. The van der Waals surface area contributed by atoms with Gasteiger partial charge in [0.05, 0.1) is 23.9 Å². The van der Waals surface area contributed by atoms with E-state index < -0.39 is 0 Å². The largest absolute Gasteiger partial charge is 0.339 e. The number of hydrogen-bond donors (Lipinski definition) is 1. The van der Waals surface area contributed by atoms with E-state index in [2.05, 4.69) is 31.6 Å². The molecular weight excluding hydrogens is 486 g/mol. The molecule has 0 atom stereocenters. The summed E-state index contributed by atoms with van der Waals surface area (Å²) >= 11 is 1.70. The highest BCUT2D eigenvalue weighted by atomic mass is 32.2. The number of aryl methyl sites for hydroxylation is 2. The van der Waals surface area contributed by atoms with Crippen LogP contribution in [0.25, 0.3) is 11.3 Å². The number of rotatable bonds is 6. The van der Waals surface area contributed by atoms with Crippen LogP contribution in [0, 0.1) is 6.92 Å². The molecule has 0 aliphatic carbocycles. The predicted octanol–water partition coefficient (Wildman–Crippen LogP) is 4.10. The Morgan fingerprint density at radius 2 is 1.95 bits per heavy atom. The standard InChI is InChI=1S/C26H27N9OS/c1-18-4-6-20(7-5-18)35-23(30-26(36)21-15-29-34-11-3-10-27-25(21)34)14-22(31-35)19-8-12-33(13-9-19)37-24-16-32(2)17-28-24/h3-7,10-11,14-17,19H,8-9,12-13H2,1-2H3,(H,30,36). The van der Waals surface area contributed by atoms with Crippen LogP contribution in [-0.2, 0) is 7.05 Å². The maximum Gasteiger partial charge on any atom is 0.262 e. The fraction of sp³-hybridized carbons (Fsp3) is 0.269. The SMILES string of the molecule is Cc1ccc(-n2nc(C3CCN(Sc4cn(C)cn4)CC3)cc2NC(=O)c2cnn3cccnc23)cc1. The van der Waals surface area contributed by atoms with Crippen LogP contribution in [-0.4, -0.2) is 57.2 Å². The summed E-state index contributed by atoms with van der Waals surface area (Å²) in [7, 11) is 1.98. The van der Waals surface area contributed by atoms with E-state index in [9.17, 15) is 4.79 Å². The van der Waals surface area contributed by atoms with Crippen molar-refractivity contribution in [3.63, 3.8) is 0 Å². The summed E-state index contributed by atoms with van der Waals surface area (Å²) in [5, 5.41) is 13.3. The van der Waals surface area contributed by atoms with Crippen molar-refractivity contribution in [1.29, 1.82) is 0 Å². The molecule has 1 aliphatic heterocycles. The zero-order valence-corrected chi connectivity index (χ0v) is 21.5. The third-order valence-electron chi connectivity index (χ3n) is 6.55. The number of fused-ring (bicyclic) bond motifs is 1. The number of carbonyl (C=O) groups is 1. The van der Waals surface area contributed by atoms with E-state index in [4.69, 9.17) is 5.10 Å². The van der Waals surface area contributed by atoms with Gasteiger partial charge in [-0.05, 0) is 49.9 Å². The highest BCUT2D eigenvalue weighted by Crippen LogP contribution is 2.34. The Balaban J connectivity index is 1.24. The molecule has 0 radical (unpaired) electrons. The van der Waals surface area contributed by atoms with Crippen molar-refractivity contribution in [2.24, 2.45) is 7.05 Å². The number of nitrogens with zero attached hydrogens (tertiary/aromatic N) is 8. The lowest BCUT2D eigenvalue weighted by molar-refractivity contribution is 0.102. The zero-order valence-electron chi connectivity index (χ0n) is 20.7. The molecule has 6 rings (SSSR count). The van der Waals surface area contributed by atoms with Crippen molar-refractivity contribution in [2.45, 2.75) is 30.7 Å². The molecule has 0 unspecified atom stereocenters. The number of aromatic nitrogens is 7. The maximum atomic E-state index is 13.3. The van der Waals surface area contributed by atoms with Crippen molar-refractivity contribution in [2.75, 3.05) is 18.4 Å². The van der Waals surface area contributed by atoms with Crippen LogP contribution in [0.5, 0.6) is 0 Å². The molecule has 1 aromatic carbocycles. The number of amides is 1. The summed E-state index contributed by atoms with van der Waals surface area (Å²) in [6.07, 6.45) is 10.8. The van der Waals surface area contributed by atoms with Crippen LogP contribution in [0.1, 0.15) is 40.4 Å². The van der Waals surface area contributed by atoms with Gasteiger partial charge in [0.25, 0.3) is 5.91 Å². The van der Waals surface area contributed by atoms with E-state index in [0.717, 1.165) is 47.9 Å². The molecule has 10 nitrogen and oxygen atoms in total. The lowest BCUT2D eigenvalue weighted by Gasteiger charge is -2.29. The number of piperidine rings is 1. The fourth-order valence-corrected chi connectivity index (χ4v) is 5.52. The number of imidazole rings is 1. The van der Waals surface area contributed by atoms with E-state index in [-0.39, 0.29) is 5.91 Å². The van der Waals surface area contributed by atoms with Gasteiger partial charge in [-0.3, -0.25) is 4.79 Å². The molecule has 1 aliphatic rings. The van der Waals surface area contributed by atoms with E-state index in [1.54, 1.807) is 41.1 Å². The van der Waals surface area contributed by atoms with Gasteiger partial charge in [0.2, 0.25) is 0 Å². The number of nitrogens with one attached hydrogen (secondary N) is 1. The topological polar surface area (TPSA) is 98.2 Å². The van der Waals surface area contributed by atoms with Gasteiger partial charge in [0, 0.05) is 50.7 Å². The van der Waals surface area contributed by atoms with Crippen molar-refractivity contribution in [3.8, 4) is 5.69 Å². The van der Waals surface area contributed by atoms with E-state index in [0.29, 0.717) is 22.9 Å². The van der Waals surface area contributed by atoms with Crippen LogP contribution in [0.4, 0.5) is 5.82 Å². The number of anilines is 1. The van der Waals surface area contributed by atoms with Gasteiger partial charge in [-0.1, -0.05) is 17.7 Å². The van der Waals surface area contributed by atoms with Crippen LogP contribution in [0.3, 0.4) is 0 Å². The molecule has 5 heterocycles. The van der Waals surface area contributed by atoms with Gasteiger partial charge in [-0.15, -0.1) is 0 Å². The smallest absolute Gasteiger partial charge is 0.262 e. The Bertz CT molecular complexity index is 1540.